The molecule has 2 heterocycles. The van der Waals surface area contributed by atoms with E-state index in [1.807, 2.05) is 41.3 Å². The van der Waals surface area contributed by atoms with Gasteiger partial charge in [0, 0.05) is 31.2 Å². The normalized spacial score (nSPS) is 28.8. The van der Waals surface area contributed by atoms with Crippen molar-refractivity contribution in [2.75, 3.05) is 32.9 Å². The van der Waals surface area contributed by atoms with Crippen LogP contribution in [0.3, 0.4) is 0 Å². The van der Waals surface area contributed by atoms with Crippen LogP contribution in [-0.4, -0.2) is 48.8 Å². The molecule has 0 bridgehead atoms. The highest BCUT2D eigenvalue weighted by Crippen LogP contribution is 2.40. The predicted octanol–water partition coefficient (Wildman–Crippen LogP) is 1.56. The Balaban J connectivity index is 1.68. The lowest BCUT2D eigenvalue weighted by molar-refractivity contribution is -0.125. The van der Waals surface area contributed by atoms with Crippen LogP contribution in [-0.2, 0) is 9.53 Å². The quantitative estimate of drug-likeness (QED) is 0.858. The number of aliphatic hydroxyl groups excluding tert-OH is 1. The molecule has 0 spiro atoms. The molecule has 1 N–H and O–H groups in total. The minimum Gasteiger partial charge on any atom is -0.396 e. The van der Waals surface area contributed by atoms with E-state index in [0.29, 0.717) is 19.1 Å². The summed E-state index contributed by atoms with van der Waals surface area (Å²) in [5.74, 6) is 0.367. The van der Waals surface area contributed by atoms with Crippen LogP contribution in [0.2, 0.25) is 0 Å². The zero-order valence-corrected chi connectivity index (χ0v) is 12.1. The number of amides is 1. The third-order valence-corrected chi connectivity index (χ3v) is 4.66. The number of ether oxygens (including phenoxy) is 1. The van der Waals surface area contributed by atoms with Crippen LogP contribution in [0.1, 0.15) is 12.0 Å². The first-order valence-corrected chi connectivity index (χ1v) is 7.44. The van der Waals surface area contributed by atoms with Crippen LogP contribution in [0, 0.1) is 11.3 Å². The summed E-state index contributed by atoms with van der Waals surface area (Å²) < 4.78 is 5.52. The van der Waals surface area contributed by atoms with Crippen molar-refractivity contribution in [1.82, 2.24) is 4.90 Å². The molecule has 2 aliphatic rings. The van der Waals surface area contributed by atoms with Gasteiger partial charge in [-0.3, -0.25) is 4.79 Å². The lowest BCUT2D eigenvalue weighted by Crippen LogP contribution is -2.43. The topological polar surface area (TPSA) is 49.8 Å². The van der Waals surface area contributed by atoms with Crippen molar-refractivity contribution >= 4 is 12.0 Å². The van der Waals surface area contributed by atoms with Gasteiger partial charge in [-0.15, -0.1) is 0 Å². The van der Waals surface area contributed by atoms with Crippen molar-refractivity contribution in [3.05, 3.63) is 42.0 Å². The Morgan fingerprint density at radius 2 is 2.24 bits per heavy atom. The molecule has 21 heavy (non-hydrogen) atoms. The fraction of sp³-hybridized carbons (Fsp3) is 0.471. The zero-order valence-electron chi connectivity index (χ0n) is 12.1. The Kier molecular flexibility index (Phi) is 4.08. The van der Waals surface area contributed by atoms with Gasteiger partial charge in [-0.25, -0.2) is 0 Å². The van der Waals surface area contributed by atoms with E-state index in [1.54, 1.807) is 6.08 Å². The van der Waals surface area contributed by atoms with Crippen LogP contribution >= 0.6 is 0 Å². The predicted molar refractivity (Wildman–Crippen MR) is 80.5 cm³/mol. The molecule has 4 heteroatoms. The second kappa shape index (κ2) is 6.00. The van der Waals surface area contributed by atoms with E-state index in [1.165, 1.54) is 0 Å². The summed E-state index contributed by atoms with van der Waals surface area (Å²) >= 11 is 0. The number of nitrogens with zero attached hydrogens (tertiary/aromatic N) is 1. The van der Waals surface area contributed by atoms with Gasteiger partial charge in [0.1, 0.15) is 0 Å². The minimum absolute atomic E-state index is 0.0149. The van der Waals surface area contributed by atoms with Gasteiger partial charge >= 0.3 is 0 Å². The highest BCUT2D eigenvalue weighted by Gasteiger charge is 2.49. The highest BCUT2D eigenvalue weighted by atomic mass is 16.5. The van der Waals surface area contributed by atoms with Crippen molar-refractivity contribution in [3.63, 3.8) is 0 Å². The molecule has 1 aromatic carbocycles. The Bertz CT molecular complexity index is 528. The van der Waals surface area contributed by atoms with Crippen LogP contribution in [0.15, 0.2) is 36.4 Å². The van der Waals surface area contributed by atoms with Gasteiger partial charge in [-0.05, 0) is 24.0 Å². The second-order valence-electron chi connectivity index (χ2n) is 6.02. The van der Waals surface area contributed by atoms with E-state index in [9.17, 15) is 9.90 Å². The SMILES string of the molecule is O=C(/C=C/c1ccccc1)N1C[C@@H]2CCOC[C@]2(CO)C1. The van der Waals surface area contributed by atoms with E-state index in [2.05, 4.69) is 0 Å². The average molecular weight is 287 g/mol. The van der Waals surface area contributed by atoms with E-state index in [-0.39, 0.29) is 17.9 Å². The molecule has 2 fully saturated rings. The van der Waals surface area contributed by atoms with Crippen molar-refractivity contribution in [1.29, 1.82) is 0 Å². The molecule has 1 amide bonds. The Labute approximate surface area is 125 Å². The van der Waals surface area contributed by atoms with Gasteiger partial charge < -0.3 is 14.7 Å². The fourth-order valence-electron chi connectivity index (χ4n) is 3.33. The number of benzene rings is 1. The molecule has 0 aromatic heterocycles. The Hall–Kier alpha value is -1.65. The molecule has 2 saturated heterocycles. The van der Waals surface area contributed by atoms with Crippen molar-refractivity contribution in [2.45, 2.75) is 6.42 Å². The smallest absolute Gasteiger partial charge is 0.246 e. The molecule has 0 radical (unpaired) electrons. The van der Waals surface area contributed by atoms with Crippen molar-refractivity contribution in [3.8, 4) is 0 Å². The maximum absolute atomic E-state index is 12.3. The molecule has 0 saturated carbocycles. The van der Waals surface area contributed by atoms with Gasteiger partial charge in [0.05, 0.1) is 13.2 Å². The standard InChI is InChI=1S/C17H21NO3/c19-12-17-11-18(10-15(17)8-9-21-13-17)16(20)7-6-14-4-2-1-3-5-14/h1-7,15,19H,8-13H2/b7-6+/t15-,17+/m0/s1. The van der Waals surface area contributed by atoms with Crippen LogP contribution in [0.4, 0.5) is 0 Å². The first-order chi connectivity index (χ1) is 10.2. The number of rotatable bonds is 3. The Morgan fingerprint density at radius 3 is 2.95 bits per heavy atom. The summed E-state index contributed by atoms with van der Waals surface area (Å²) in [7, 11) is 0. The summed E-state index contributed by atoms with van der Waals surface area (Å²) in [5.41, 5.74) is 0.761. The monoisotopic (exact) mass is 287 g/mol. The Morgan fingerprint density at radius 1 is 1.43 bits per heavy atom. The lowest BCUT2D eigenvalue weighted by atomic mass is 9.76. The maximum atomic E-state index is 12.3. The van der Waals surface area contributed by atoms with Gasteiger partial charge in [0.15, 0.2) is 0 Å². The molecule has 4 nitrogen and oxygen atoms in total. The molecule has 0 aliphatic carbocycles. The summed E-state index contributed by atoms with van der Waals surface area (Å²) in [6, 6.07) is 9.79. The molecule has 0 unspecified atom stereocenters. The first-order valence-electron chi connectivity index (χ1n) is 7.44. The summed E-state index contributed by atoms with van der Waals surface area (Å²) in [6.07, 6.45) is 4.39. The summed E-state index contributed by atoms with van der Waals surface area (Å²) in [5, 5.41) is 9.72. The number of aliphatic hydroxyl groups is 1. The number of likely N-dealkylation sites (tertiary alicyclic amines) is 1. The number of carbonyl (C=O) groups is 1. The summed E-state index contributed by atoms with van der Waals surface area (Å²) in [6.45, 7) is 2.69. The molecule has 2 atom stereocenters. The number of hydrogen-bond acceptors (Lipinski definition) is 3. The van der Waals surface area contributed by atoms with E-state index >= 15 is 0 Å². The molecule has 1 aromatic rings. The number of fused-ring (bicyclic) bond motifs is 1. The van der Waals surface area contributed by atoms with Crippen LogP contribution < -0.4 is 0 Å². The van der Waals surface area contributed by atoms with Gasteiger partial charge in [-0.1, -0.05) is 30.3 Å². The minimum atomic E-state index is -0.255. The molecule has 3 rings (SSSR count). The maximum Gasteiger partial charge on any atom is 0.246 e. The van der Waals surface area contributed by atoms with E-state index in [0.717, 1.165) is 25.1 Å². The van der Waals surface area contributed by atoms with E-state index < -0.39 is 0 Å². The van der Waals surface area contributed by atoms with Gasteiger partial charge in [0.2, 0.25) is 5.91 Å². The number of hydrogen-bond donors (Lipinski definition) is 1. The molecule has 112 valence electrons. The van der Waals surface area contributed by atoms with Crippen LogP contribution in [0.25, 0.3) is 6.08 Å². The second-order valence-corrected chi connectivity index (χ2v) is 6.02. The van der Waals surface area contributed by atoms with Gasteiger partial charge in [0.25, 0.3) is 0 Å². The average Bonchev–Trinajstić information content (AvgIpc) is 2.94. The van der Waals surface area contributed by atoms with Crippen LogP contribution in [0.5, 0.6) is 0 Å². The largest absolute Gasteiger partial charge is 0.396 e. The molecular weight excluding hydrogens is 266 g/mol. The zero-order chi connectivity index (χ0) is 14.7. The summed E-state index contributed by atoms with van der Waals surface area (Å²) in [4.78, 5) is 14.2. The van der Waals surface area contributed by atoms with Gasteiger partial charge in [-0.2, -0.15) is 0 Å². The van der Waals surface area contributed by atoms with E-state index in [4.69, 9.17) is 4.74 Å². The van der Waals surface area contributed by atoms with Crippen molar-refractivity contribution < 1.29 is 14.6 Å². The molecule has 2 aliphatic heterocycles. The third-order valence-electron chi connectivity index (χ3n) is 4.66. The fourth-order valence-corrected chi connectivity index (χ4v) is 3.33. The number of carbonyl (C=O) groups excluding carboxylic acids is 1. The molecular formula is C17H21NO3. The van der Waals surface area contributed by atoms with Crippen molar-refractivity contribution in [2.24, 2.45) is 11.3 Å². The third kappa shape index (κ3) is 2.87. The highest BCUT2D eigenvalue weighted by molar-refractivity contribution is 5.92. The first kappa shape index (κ1) is 14.3. The lowest BCUT2D eigenvalue weighted by Gasteiger charge is -2.36.